The van der Waals surface area contributed by atoms with Crippen LogP contribution >= 0.6 is 11.3 Å². The first-order valence-electron chi connectivity index (χ1n) is 12.1. The third kappa shape index (κ3) is 4.75. The summed E-state index contributed by atoms with van der Waals surface area (Å²) in [7, 11) is 0. The van der Waals surface area contributed by atoms with E-state index in [1.165, 1.54) is 45.8 Å². The smallest absolute Gasteiger partial charge is 0.254 e. The number of amides is 2. The summed E-state index contributed by atoms with van der Waals surface area (Å²) in [6, 6.07) is 16.3. The molecular formula is C28H30FN3O2S. The van der Waals surface area contributed by atoms with Crippen LogP contribution in [0.15, 0.2) is 60.0 Å². The van der Waals surface area contributed by atoms with E-state index < -0.39 is 0 Å². The minimum absolute atomic E-state index is 0.0777. The van der Waals surface area contributed by atoms with E-state index in [9.17, 15) is 14.0 Å². The number of piperazine rings is 1. The number of carbonyl (C=O) groups excluding carboxylic acids is 2. The van der Waals surface area contributed by atoms with Crippen LogP contribution in [0.2, 0.25) is 0 Å². The third-order valence-electron chi connectivity index (χ3n) is 7.22. The second kappa shape index (κ2) is 9.91. The van der Waals surface area contributed by atoms with Crippen molar-refractivity contribution >= 4 is 23.2 Å². The van der Waals surface area contributed by atoms with Crippen LogP contribution in [0.4, 0.5) is 4.39 Å². The second-order valence-corrected chi connectivity index (χ2v) is 10.5. The first-order chi connectivity index (χ1) is 16.9. The Morgan fingerprint density at radius 3 is 2.51 bits per heavy atom. The van der Waals surface area contributed by atoms with Crippen LogP contribution in [0.1, 0.15) is 44.9 Å². The number of thiophene rings is 1. The molecule has 0 spiro atoms. The Hall–Kier alpha value is -3.03. The van der Waals surface area contributed by atoms with Gasteiger partial charge in [-0.05, 0) is 72.7 Å². The summed E-state index contributed by atoms with van der Waals surface area (Å²) >= 11 is 1.80. The van der Waals surface area contributed by atoms with E-state index in [4.69, 9.17) is 0 Å². The van der Waals surface area contributed by atoms with Gasteiger partial charge in [0.1, 0.15) is 5.82 Å². The molecule has 0 aliphatic carbocycles. The maximum absolute atomic E-state index is 13.4. The van der Waals surface area contributed by atoms with Gasteiger partial charge in [0.2, 0.25) is 5.91 Å². The topological polar surface area (TPSA) is 43.9 Å². The lowest BCUT2D eigenvalue weighted by atomic mass is 9.90. The fraction of sp³-hybridized carbons (Fsp3) is 0.357. The summed E-state index contributed by atoms with van der Waals surface area (Å²) in [6.45, 7) is 6.77. The summed E-state index contributed by atoms with van der Waals surface area (Å²) in [5.74, 6) is -0.380. The molecule has 2 aliphatic heterocycles. The number of aryl methyl sites for hydroxylation is 1. The molecule has 0 unspecified atom stereocenters. The Bertz CT molecular complexity index is 1220. The van der Waals surface area contributed by atoms with E-state index in [2.05, 4.69) is 47.5 Å². The molecule has 35 heavy (non-hydrogen) atoms. The maximum atomic E-state index is 13.4. The lowest BCUT2D eigenvalue weighted by molar-refractivity contribution is -0.135. The van der Waals surface area contributed by atoms with Gasteiger partial charge in [-0.1, -0.05) is 24.3 Å². The van der Waals surface area contributed by atoms with Crippen molar-refractivity contribution in [1.29, 1.82) is 0 Å². The highest BCUT2D eigenvalue weighted by Gasteiger charge is 2.35. The highest BCUT2D eigenvalue weighted by atomic mass is 32.1. The van der Waals surface area contributed by atoms with Gasteiger partial charge < -0.3 is 9.80 Å². The number of hydrogen-bond donors (Lipinski definition) is 0. The average molecular weight is 492 g/mol. The lowest BCUT2D eigenvalue weighted by Crippen LogP contribution is -2.57. The van der Waals surface area contributed by atoms with E-state index in [0.717, 1.165) is 13.0 Å². The molecule has 2 amide bonds. The zero-order valence-electron chi connectivity index (χ0n) is 20.1. The fourth-order valence-corrected chi connectivity index (χ4v) is 6.22. The highest BCUT2D eigenvalue weighted by Crippen LogP contribution is 2.38. The van der Waals surface area contributed by atoms with Crippen molar-refractivity contribution in [2.45, 2.75) is 32.4 Å². The Morgan fingerprint density at radius 2 is 1.77 bits per heavy atom. The largest absolute Gasteiger partial charge is 0.338 e. The summed E-state index contributed by atoms with van der Waals surface area (Å²) in [6.07, 6.45) is 0.957. The normalized spacial score (nSPS) is 20.5. The molecule has 182 valence electrons. The number of nitrogens with zero attached hydrogens (tertiary/aromatic N) is 3. The molecule has 5 rings (SSSR count). The molecule has 2 atom stereocenters. The summed E-state index contributed by atoms with van der Waals surface area (Å²) in [5.41, 5.74) is 4.27. The number of rotatable bonds is 4. The molecule has 1 saturated heterocycles. The Balaban J connectivity index is 1.28. The van der Waals surface area contributed by atoms with Crippen molar-refractivity contribution in [3.05, 3.63) is 92.9 Å². The van der Waals surface area contributed by atoms with Crippen LogP contribution in [0.5, 0.6) is 0 Å². The first-order valence-corrected chi connectivity index (χ1v) is 13.0. The fourth-order valence-electron chi connectivity index (χ4n) is 5.31. The van der Waals surface area contributed by atoms with Crippen LogP contribution in [-0.4, -0.2) is 65.3 Å². The molecule has 3 heterocycles. The molecule has 5 nitrogen and oxygen atoms in total. The molecule has 1 aromatic heterocycles. The van der Waals surface area contributed by atoms with Crippen molar-refractivity contribution in [2.75, 3.05) is 32.7 Å². The molecule has 7 heteroatoms. The molecule has 2 aliphatic rings. The lowest BCUT2D eigenvalue weighted by Gasteiger charge is -2.42. The van der Waals surface area contributed by atoms with E-state index in [0.29, 0.717) is 31.7 Å². The molecular weight excluding hydrogens is 461 g/mol. The number of halogens is 1. The number of carbonyl (C=O) groups is 2. The Kier molecular flexibility index (Phi) is 6.71. The minimum Gasteiger partial charge on any atom is -0.338 e. The molecule has 0 saturated carbocycles. The minimum atomic E-state index is -0.360. The van der Waals surface area contributed by atoms with Crippen molar-refractivity contribution in [2.24, 2.45) is 0 Å². The standard InChI is InChI=1S/C28H30FN3O2S/c1-19-5-3-4-6-23(19)27-24-12-16-35-25(24)11-13-31(27)18-26(33)30-14-15-32(20(2)17-30)28(34)21-7-9-22(29)10-8-21/h3-10,12,16,20,27H,11,13-15,17-18H2,1-2H3/t20-,27-/m1/s1. The van der Waals surface area contributed by atoms with Gasteiger partial charge in [-0.15, -0.1) is 11.3 Å². The molecule has 2 aromatic carbocycles. The monoisotopic (exact) mass is 491 g/mol. The van der Waals surface area contributed by atoms with Gasteiger partial charge in [0.15, 0.2) is 0 Å². The van der Waals surface area contributed by atoms with Crippen LogP contribution in [-0.2, 0) is 11.2 Å². The van der Waals surface area contributed by atoms with Crippen molar-refractivity contribution in [3.63, 3.8) is 0 Å². The van der Waals surface area contributed by atoms with Gasteiger partial charge in [0.25, 0.3) is 5.91 Å². The quantitative estimate of drug-likeness (QED) is 0.539. The van der Waals surface area contributed by atoms with E-state index in [1.54, 1.807) is 16.2 Å². The van der Waals surface area contributed by atoms with Crippen LogP contribution < -0.4 is 0 Å². The van der Waals surface area contributed by atoms with Gasteiger partial charge in [0.05, 0.1) is 12.6 Å². The average Bonchev–Trinajstić information content (AvgIpc) is 3.33. The molecule has 0 bridgehead atoms. The maximum Gasteiger partial charge on any atom is 0.254 e. The summed E-state index contributed by atoms with van der Waals surface area (Å²) in [5, 5.41) is 2.15. The van der Waals surface area contributed by atoms with Gasteiger partial charge in [-0.25, -0.2) is 4.39 Å². The van der Waals surface area contributed by atoms with Gasteiger partial charge >= 0.3 is 0 Å². The summed E-state index contributed by atoms with van der Waals surface area (Å²) in [4.78, 5) is 33.8. The number of fused-ring (bicyclic) bond motifs is 1. The SMILES string of the molecule is Cc1ccccc1[C@@H]1c2ccsc2CCN1CC(=O)N1CCN(C(=O)c2ccc(F)cc2)[C@H](C)C1. The zero-order valence-corrected chi connectivity index (χ0v) is 20.9. The highest BCUT2D eigenvalue weighted by molar-refractivity contribution is 7.10. The van der Waals surface area contributed by atoms with Gasteiger partial charge in [-0.3, -0.25) is 14.5 Å². The van der Waals surface area contributed by atoms with Gasteiger partial charge in [-0.2, -0.15) is 0 Å². The molecule has 3 aromatic rings. The van der Waals surface area contributed by atoms with Crippen LogP contribution in [0.3, 0.4) is 0 Å². The van der Waals surface area contributed by atoms with Crippen molar-refractivity contribution in [3.8, 4) is 0 Å². The third-order valence-corrected chi connectivity index (χ3v) is 8.22. The predicted molar refractivity (Wildman–Crippen MR) is 136 cm³/mol. The molecule has 0 N–H and O–H groups in total. The first kappa shape index (κ1) is 23.7. The van der Waals surface area contributed by atoms with Crippen molar-refractivity contribution in [1.82, 2.24) is 14.7 Å². The molecule has 1 fully saturated rings. The summed E-state index contributed by atoms with van der Waals surface area (Å²) < 4.78 is 13.3. The van der Waals surface area contributed by atoms with Crippen molar-refractivity contribution < 1.29 is 14.0 Å². The van der Waals surface area contributed by atoms with E-state index in [1.807, 2.05) is 11.8 Å². The predicted octanol–water partition coefficient (Wildman–Crippen LogP) is 4.52. The van der Waals surface area contributed by atoms with E-state index >= 15 is 0 Å². The van der Waals surface area contributed by atoms with Crippen LogP contribution in [0, 0.1) is 12.7 Å². The Morgan fingerprint density at radius 1 is 1.00 bits per heavy atom. The van der Waals surface area contributed by atoms with Crippen LogP contribution in [0.25, 0.3) is 0 Å². The zero-order chi connectivity index (χ0) is 24.5. The Labute approximate surface area is 209 Å². The van der Waals surface area contributed by atoms with Gasteiger partial charge in [0, 0.05) is 42.7 Å². The second-order valence-electron chi connectivity index (χ2n) is 9.47. The number of benzene rings is 2. The number of hydrogen-bond acceptors (Lipinski definition) is 4. The van der Waals surface area contributed by atoms with E-state index in [-0.39, 0.29) is 29.7 Å². The molecule has 0 radical (unpaired) electrons.